The summed E-state index contributed by atoms with van der Waals surface area (Å²) in [5, 5.41) is 3.75. The normalized spacial score (nSPS) is 14.8. The average Bonchev–Trinajstić information content (AvgIpc) is 2.60. The molecule has 0 unspecified atom stereocenters. The molecule has 1 saturated heterocycles. The summed E-state index contributed by atoms with van der Waals surface area (Å²) >= 11 is 0. The van der Waals surface area contributed by atoms with Crippen LogP contribution in [0.5, 0.6) is 0 Å². The molecule has 0 atom stereocenters. The quantitative estimate of drug-likeness (QED) is 0.299. The number of piperazine rings is 1. The third kappa shape index (κ3) is 6.29. The molecule has 1 aromatic rings. The highest BCUT2D eigenvalue weighted by Gasteiger charge is 2.27. The van der Waals surface area contributed by atoms with Crippen LogP contribution >= 0.6 is 0 Å². The van der Waals surface area contributed by atoms with Gasteiger partial charge in [0.15, 0.2) is 0 Å². The highest BCUT2D eigenvalue weighted by molar-refractivity contribution is 5.94. The van der Waals surface area contributed by atoms with Crippen molar-refractivity contribution in [3.63, 3.8) is 0 Å². The van der Waals surface area contributed by atoms with Crippen molar-refractivity contribution >= 4 is 23.4 Å². The van der Waals surface area contributed by atoms with Crippen LogP contribution in [-0.4, -0.2) is 54.3 Å². The Hall–Kier alpha value is -2.93. The van der Waals surface area contributed by atoms with Crippen molar-refractivity contribution in [1.29, 1.82) is 0 Å². The van der Waals surface area contributed by atoms with Crippen LogP contribution in [0.4, 0.5) is 16.2 Å². The van der Waals surface area contributed by atoms with Crippen LogP contribution in [0.25, 0.3) is 10.4 Å². The zero-order chi connectivity index (χ0) is 22.7. The van der Waals surface area contributed by atoms with Crippen LogP contribution in [0.3, 0.4) is 0 Å². The molecule has 1 amide bonds. The van der Waals surface area contributed by atoms with Crippen LogP contribution < -0.4 is 4.90 Å². The zero-order valence-corrected chi connectivity index (χ0v) is 18.9. The van der Waals surface area contributed by atoms with E-state index < -0.39 is 17.2 Å². The minimum atomic E-state index is -0.642. The van der Waals surface area contributed by atoms with E-state index in [1.54, 1.807) is 44.7 Å². The summed E-state index contributed by atoms with van der Waals surface area (Å²) in [5.74, 6) is -0.469. The predicted molar refractivity (Wildman–Crippen MR) is 115 cm³/mol. The van der Waals surface area contributed by atoms with Crippen molar-refractivity contribution in [2.45, 2.75) is 59.7 Å². The molecule has 1 aliphatic heterocycles. The summed E-state index contributed by atoms with van der Waals surface area (Å²) in [6.45, 7) is 14.7. The van der Waals surface area contributed by atoms with E-state index in [1.807, 2.05) is 25.7 Å². The molecule has 0 aliphatic carbocycles. The Bertz CT molecular complexity index is 855. The van der Waals surface area contributed by atoms with Gasteiger partial charge in [-0.1, -0.05) is 5.11 Å². The second-order valence-electron chi connectivity index (χ2n) is 9.28. The minimum Gasteiger partial charge on any atom is -0.456 e. The number of anilines is 1. The summed E-state index contributed by atoms with van der Waals surface area (Å²) in [6.07, 6.45) is -0.338. The number of rotatable bonds is 3. The molecule has 30 heavy (non-hydrogen) atoms. The number of benzene rings is 1. The SMILES string of the molecule is Cc1c(N=[N+]=[N-])cc(N2CCN(C(=O)OC(C)(C)C)CC2)cc1C(=O)OC(C)(C)C. The number of ether oxygens (including phenoxy) is 2. The lowest BCUT2D eigenvalue weighted by Gasteiger charge is -2.37. The number of nitrogens with zero attached hydrogens (tertiary/aromatic N) is 5. The molecule has 1 heterocycles. The minimum absolute atomic E-state index is 0.338. The highest BCUT2D eigenvalue weighted by Crippen LogP contribution is 2.31. The summed E-state index contributed by atoms with van der Waals surface area (Å²) in [4.78, 5) is 31.6. The number of azide groups is 1. The van der Waals surface area contributed by atoms with Gasteiger partial charge in [0.2, 0.25) is 0 Å². The largest absolute Gasteiger partial charge is 0.456 e. The smallest absolute Gasteiger partial charge is 0.410 e. The van der Waals surface area contributed by atoms with E-state index in [0.29, 0.717) is 43.0 Å². The number of hydrogen-bond acceptors (Lipinski definition) is 6. The lowest BCUT2D eigenvalue weighted by atomic mass is 10.0. The molecule has 9 nitrogen and oxygen atoms in total. The molecule has 0 spiro atoms. The van der Waals surface area contributed by atoms with Gasteiger partial charge in [-0.15, -0.1) is 0 Å². The number of carbonyl (C=O) groups is 2. The highest BCUT2D eigenvalue weighted by atomic mass is 16.6. The van der Waals surface area contributed by atoms with E-state index in [2.05, 4.69) is 10.0 Å². The maximum atomic E-state index is 12.7. The Kier molecular flexibility index (Phi) is 6.87. The fourth-order valence-electron chi connectivity index (χ4n) is 3.04. The van der Waals surface area contributed by atoms with E-state index in [4.69, 9.17) is 15.0 Å². The van der Waals surface area contributed by atoms with Crippen molar-refractivity contribution in [3.05, 3.63) is 33.7 Å². The topological polar surface area (TPSA) is 108 Å². The van der Waals surface area contributed by atoms with E-state index in [1.165, 1.54) is 0 Å². The van der Waals surface area contributed by atoms with E-state index >= 15 is 0 Å². The van der Waals surface area contributed by atoms with Crippen molar-refractivity contribution in [3.8, 4) is 0 Å². The van der Waals surface area contributed by atoms with E-state index in [9.17, 15) is 9.59 Å². The molecule has 0 bridgehead atoms. The lowest BCUT2D eigenvalue weighted by molar-refractivity contribution is 0.00683. The van der Waals surface area contributed by atoms with Gasteiger partial charge in [0.05, 0.1) is 5.56 Å². The monoisotopic (exact) mass is 417 g/mol. The maximum absolute atomic E-state index is 12.7. The fourth-order valence-corrected chi connectivity index (χ4v) is 3.04. The first kappa shape index (κ1) is 23.3. The standard InChI is InChI=1S/C21H31N5O4/c1-14-16(18(27)29-20(2,3)4)12-15(13-17(14)23-24-22)25-8-10-26(11-9-25)19(28)30-21(5,6)7/h12-13H,8-11H2,1-7H3. The van der Waals surface area contributed by atoms with Crippen molar-refractivity contribution in [1.82, 2.24) is 4.90 Å². The van der Waals surface area contributed by atoms with Gasteiger partial charge < -0.3 is 19.3 Å². The summed E-state index contributed by atoms with van der Waals surface area (Å²) in [7, 11) is 0. The number of carbonyl (C=O) groups excluding carboxylic acids is 2. The van der Waals surface area contributed by atoms with Gasteiger partial charge in [-0.25, -0.2) is 9.59 Å². The van der Waals surface area contributed by atoms with Crippen molar-refractivity contribution in [2.75, 3.05) is 31.1 Å². The molecule has 164 valence electrons. The Morgan fingerprint density at radius 3 is 2.07 bits per heavy atom. The molecular weight excluding hydrogens is 386 g/mol. The van der Waals surface area contributed by atoms with Gasteiger partial charge in [-0.05, 0) is 71.7 Å². The van der Waals surface area contributed by atoms with Crippen molar-refractivity contribution < 1.29 is 19.1 Å². The summed E-state index contributed by atoms with van der Waals surface area (Å²) in [6, 6.07) is 3.51. The number of esters is 1. The molecule has 1 aliphatic rings. The lowest BCUT2D eigenvalue weighted by Crippen LogP contribution is -2.50. The second-order valence-corrected chi connectivity index (χ2v) is 9.28. The third-order valence-corrected chi connectivity index (χ3v) is 4.43. The van der Waals surface area contributed by atoms with Gasteiger partial charge in [0.25, 0.3) is 0 Å². The summed E-state index contributed by atoms with van der Waals surface area (Å²) < 4.78 is 10.9. The Morgan fingerprint density at radius 1 is 1.00 bits per heavy atom. The van der Waals surface area contributed by atoms with Gasteiger partial charge in [0.1, 0.15) is 11.2 Å². The molecular formula is C21H31N5O4. The molecule has 1 fully saturated rings. The van der Waals surface area contributed by atoms with Gasteiger partial charge >= 0.3 is 12.1 Å². The van der Waals surface area contributed by atoms with E-state index in [-0.39, 0.29) is 6.09 Å². The Morgan fingerprint density at radius 2 is 1.57 bits per heavy atom. The predicted octanol–water partition coefficient (Wildman–Crippen LogP) is 4.95. The first-order valence-corrected chi connectivity index (χ1v) is 9.97. The van der Waals surface area contributed by atoms with Crippen LogP contribution in [0.2, 0.25) is 0 Å². The first-order valence-electron chi connectivity index (χ1n) is 9.97. The van der Waals surface area contributed by atoms with Gasteiger partial charge in [0, 0.05) is 42.5 Å². The van der Waals surface area contributed by atoms with Crippen LogP contribution in [-0.2, 0) is 9.47 Å². The van der Waals surface area contributed by atoms with Gasteiger partial charge in [-0.2, -0.15) is 0 Å². The van der Waals surface area contributed by atoms with Crippen LogP contribution in [0, 0.1) is 6.92 Å². The summed E-state index contributed by atoms with van der Waals surface area (Å²) in [5.41, 5.74) is 9.79. The molecule has 0 saturated carbocycles. The number of hydrogen-bond donors (Lipinski definition) is 0. The zero-order valence-electron chi connectivity index (χ0n) is 18.9. The first-order chi connectivity index (χ1) is 13.8. The van der Waals surface area contributed by atoms with Crippen LogP contribution in [0.1, 0.15) is 57.5 Å². The second kappa shape index (κ2) is 8.83. The Balaban J connectivity index is 2.25. The van der Waals surface area contributed by atoms with Crippen molar-refractivity contribution in [2.24, 2.45) is 5.11 Å². The molecule has 0 N–H and O–H groups in total. The molecule has 0 aromatic heterocycles. The Labute approximate surface area is 177 Å². The average molecular weight is 418 g/mol. The fraction of sp³-hybridized carbons (Fsp3) is 0.619. The van der Waals surface area contributed by atoms with E-state index in [0.717, 1.165) is 5.69 Å². The van der Waals surface area contributed by atoms with Crippen LogP contribution in [0.15, 0.2) is 17.2 Å². The molecule has 1 aromatic carbocycles. The van der Waals surface area contributed by atoms with Gasteiger partial charge in [-0.3, -0.25) is 0 Å². The molecule has 0 radical (unpaired) electrons. The maximum Gasteiger partial charge on any atom is 0.410 e. The molecule has 9 heteroatoms. The molecule has 2 rings (SSSR count). The number of amides is 1. The third-order valence-electron chi connectivity index (χ3n) is 4.43.